The summed E-state index contributed by atoms with van der Waals surface area (Å²) in [6, 6.07) is 14.0. The molecule has 0 bridgehead atoms. The van der Waals surface area contributed by atoms with Crippen molar-refractivity contribution in [2.24, 2.45) is 0 Å². The van der Waals surface area contributed by atoms with Crippen molar-refractivity contribution in [1.29, 1.82) is 5.26 Å². The number of hydrogen-bond donors (Lipinski definition) is 1. The van der Waals surface area contributed by atoms with E-state index in [9.17, 15) is 0 Å². The van der Waals surface area contributed by atoms with Crippen LogP contribution in [0.4, 0.5) is 5.82 Å². The largest absolute Gasteiger partial charge is 0.384 e. The van der Waals surface area contributed by atoms with Crippen LogP contribution in [0.2, 0.25) is 0 Å². The highest BCUT2D eigenvalue weighted by atomic mass is 16.5. The fraction of sp³-hybridized carbons (Fsp3) is 0.250. The number of anilines is 1. The van der Waals surface area contributed by atoms with Crippen LogP contribution in [0.5, 0.6) is 0 Å². The fourth-order valence-corrected chi connectivity index (χ4v) is 1.96. The maximum absolute atomic E-state index is 8.99. The van der Waals surface area contributed by atoms with Gasteiger partial charge in [-0.15, -0.1) is 0 Å². The topological polar surface area (TPSA) is 57.9 Å². The molecule has 0 saturated heterocycles. The molecule has 0 saturated carbocycles. The Morgan fingerprint density at radius 3 is 2.55 bits per heavy atom. The van der Waals surface area contributed by atoms with E-state index in [4.69, 9.17) is 10.00 Å². The van der Waals surface area contributed by atoms with Gasteiger partial charge in [-0.2, -0.15) is 5.26 Å². The van der Waals surface area contributed by atoms with Gasteiger partial charge >= 0.3 is 0 Å². The molecule has 102 valence electrons. The summed E-state index contributed by atoms with van der Waals surface area (Å²) < 4.78 is 5.07. The lowest BCUT2D eigenvalue weighted by molar-refractivity contribution is 0.202. The van der Waals surface area contributed by atoms with Gasteiger partial charge in [-0.25, -0.2) is 4.98 Å². The van der Waals surface area contributed by atoms with Crippen LogP contribution in [0.1, 0.15) is 11.1 Å². The van der Waals surface area contributed by atoms with Gasteiger partial charge in [-0.3, -0.25) is 0 Å². The first-order chi connectivity index (χ1) is 9.78. The van der Waals surface area contributed by atoms with Crippen LogP contribution in [0.25, 0.3) is 11.3 Å². The van der Waals surface area contributed by atoms with Crippen LogP contribution in [0.3, 0.4) is 0 Å². The number of methoxy groups -OCH3 is 1. The summed E-state index contributed by atoms with van der Waals surface area (Å²) in [6.07, 6.45) is 0.902. The first kappa shape index (κ1) is 14.0. The molecule has 0 spiro atoms. The summed E-state index contributed by atoms with van der Waals surface area (Å²) in [7, 11) is 3.47. The lowest BCUT2D eigenvalue weighted by Gasteiger charge is -2.07. The van der Waals surface area contributed by atoms with Gasteiger partial charge in [0.05, 0.1) is 17.9 Å². The molecule has 0 atom stereocenters. The summed E-state index contributed by atoms with van der Waals surface area (Å²) >= 11 is 0. The molecular formula is C16H17N3O. The molecular weight excluding hydrogens is 250 g/mol. The van der Waals surface area contributed by atoms with Crippen molar-refractivity contribution in [2.75, 3.05) is 26.1 Å². The Balaban J connectivity index is 2.25. The van der Waals surface area contributed by atoms with Crippen LogP contribution in [0.15, 0.2) is 36.4 Å². The van der Waals surface area contributed by atoms with Gasteiger partial charge in [0.15, 0.2) is 0 Å². The molecule has 2 aromatic rings. The number of nitriles is 1. The van der Waals surface area contributed by atoms with Gasteiger partial charge in [0.1, 0.15) is 11.9 Å². The quantitative estimate of drug-likeness (QED) is 0.905. The van der Waals surface area contributed by atoms with Crippen molar-refractivity contribution in [1.82, 2.24) is 4.98 Å². The minimum absolute atomic E-state index is 0.549. The number of pyridine rings is 1. The third kappa shape index (κ3) is 3.14. The highest BCUT2D eigenvalue weighted by molar-refractivity contribution is 5.64. The maximum atomic E-state index is 8.99. The third-order valence-corrected chi connectivity index (χ3v) is 3.10. The molecule has 0 aliphatic carbocycles. The summed E-state index contributed by atoms with van der Waals surface area (Å²) in [5.41, 5.74) is 3.67. The van der Waals surface area contributed by atoms with Crippen LogP contribution in [0, 0.1) is 11.3 Å². The molecule has 1 aromatic carbocycles. The molecule has 2 rings (SSSR count). The molecule has 1 N–H and O–H groups in total. The standard InChI is InChI=1S/C16H17N3O/c1-18-16-14(11-17)7-8-15(19-16)13-5-3-12(4-6-13)9-10-20-2/h3-8H,9-10H2,1-2H3,(H,18,19). The van der Waals surface area contributed by atoms with Crippen LogP contribution >= 0.6 is 0 Å². The average Bonchev–Trinajstić information content (AvgIpc) is 2.52. The summed E-state index contributed by atoms with van der Waals surface area (Å²) in [5, 5.41) is 11.9. The predicted octanol–water partition coefficient (Wildman–Crippen LogP) is 2.85. The summed E-state index contributed by atoms with van der Waals surface area (Å²) in [5.74, 6) is 0.605. The Kier molecular flexibility index (Phi) is 4.70. The number of rotatable bonds is 5. The summed E-state index contributed by atoms with van der Waals surface area (Å²) in [6.45, 7) is 0.721. The predicted molar refractivity (Wildman–Crippen MR) is 79.5 cm³/mol. The molecule has 1 aromatic heterocycles. The Morgan fingerprint density at radius 2 is 1.95 bits per heavy atom. The van der Waals surface area contributed by atoms with E-state index < -0.39 is 0 Å². The van der Waals surface area contributed by atoms with Gasteiger partial charge < -0.3 is 10.1 Å². The van der Waals surface area contributed by atoms with E-state index >= 15 is 0 Å². The number of nitrogens with zero attached hydrogens (tertiary/aromatic N) is 2. The second kappa shape index (κ2) is 6.69. The highest BCUT2D eigenvalue weighted by Gasteiger charge is 2.05. The fourth-order valence-electron chi connectivity index (χ4n) is 1.96. The Labute approximate surface area is 119 Å². The lowest BCUT2D eigenvalue weighted by Crippen LogP contribution is -1.98. The maximum Gasteiger partial charge on any atom is 0.144 e. The van der Waals surface area contributed by atoms with Crippen molar-refractivity contribution in [2.45, 2.75) is 6.42 Å². The van der Waals surface area contributed by atoms with E-state index in [1.807, 2.05) is 18.2 Å². The molecule has 20 heavy (non-hydrogen) atoms. The Morgan fingerprint density at radius 1 is 1.20 bits per heavy atom. The molecule has 1 heterocycles. The smallest absolute Gasteiger partial charge is 0.144 e. The highest BCUT2D eigenvalue weighted by Crippen LogP contribution is 2.21. The number of nitrogens with one attached hydrogen (secondary N) is 1. The van der Waals surface area contributed by atoms with E-state index in [-0.39, 0.29) is 0 Å². The molecule has 0 unspecified atom stereocenters. The SMILES string of the molecule is CNc1nc(-c2ccc(CCOC)cc2)ccc1C#N. The van der Waals surface area contributed by atoms with Crippen molar-refractivity contribution >= 4 is 5.82 Å². The van der Waals surface area contributed by atoms with Crippen LogP contribution < -0.4 is 5.32 Å². The second-order valence-corrected chi connectivity index (χ2v) is 4.39. The minimum atomic E-state index is 0.549. The molecule has 4 nitrogen and oxygen atoms in total. The lowest BCUT2D eigenvalue weighted by atomic mass is 10.1. The molecule has 0 radical (unpaired) electrons. The molecule has 4 heteroatoms. The number of hydrogen-bond acceptors (Lipinski definition) is 4. The van der Waals surface area contributed by atoms with E-state index in [1.165, 1.54) is 5.56 Å². The van der Waals surface area contributed by atoms with Gasteiger partial charge in [0.2, 0.25) is 0 Å². The first-order valence-electron chi connectivity index (χ1n) is 6.45. The van der Waals surface area contributed by atoms with Gasteiger partial charge in [0, 0.05) is 19.7 Å². The van der Waals surface area contributed by atoms with Gasteiger partial charge in [0.25, 0.3) is 0 Å². The van der Waals surface area contributed by atoms with E-state index in [1.54, 1.807) is 20.2 Å². The second-order valence-electron chi connectivity index (χ2n) is 4.39. The Bertz CT molecular complexity index is 615. The number of aromatic nitrogens is 1. The minimum Gasteiger partial charge on any atom is -0.384 e. The molecule has 0 fully saturated rings. The monoisotopic (exact) mass is 267 g/mol. The summed E-state index contributed by atoms with van der Waals surface area (Å²) in [4.78, 5) is 4.47. The molecule has 0 aliphatic heterocycles. The van der Waals surface area contributed by atoms with Crippen molar-refractivity contribution in [3.05, 3.63) is 47.5 Å². The average molecular weight is 267 g/mol. The van der Waals surface area contributed by atoms with Crippen molar-refractivity contribution in [3.8, 4) is 17.3 Å². The zero-order valence-corrected chi connectivity index (χ0v) is 11.7. The van der Waals surface area contributed by atoms with Crippen molar-refractivity contribution in [3.63, 3.8) is 0 Å². The van der Waals surface area contributed by atoms with Crippen LogP contribution in [-0.2, 0) is 11.2 Å². The van der Waals surface area contributed by atoms with E-state index in [2.05, 4.69) is 28.5 Å². The molecule has 0 aliphatic rings. The van der Waals surface area contributed by atoms with Crippen molar-refractivity contribution < 1.29 is 4.74 Å². The van der Waals surface area contributed by atoms with Crippen LogP contribution in [-0.4, -0.2) is 25.7 Å². The third-order valence-electron chi connectivity index (χ3n) is 3.10. The molecule has 0 amide bonds. The number of ether oxygens (including phenoxy) is 1. The van der Waals surface area contributed by atoms with E-state index in [0.29, 0.717) is 11.4 Å². The first-order valence-corrected chi connectivity index (χ1v) is 6.45. The zero-order chi connectivity index (χ0) is 14.4. The normalized spacial score (nSPS) is 10.1. The Hall–Kier alpha value is -2.38. The number of benzene rings is 1. The zero-order valence-electron chi connectivity index (χ0n) is 11.7. The van der Waals surface area contributed by atoms with Gasteiger partial charge in [-0.05, 0) is 24.1 Å². The van der Waals surface area contributed by atoms with E-state index in [0.717, 1.165) is 24.3 Å². The van der Waals surface area contributed by atoms with Gasteiger partial charge in [-0.1, -0.05) is 24.3 Å².